The third-order valence-corrected chi connectivity index (χ3v) is 6.61. The highest BCUT2D eigenvalue weighted by atomic mass is 32.1. The number of hydrogen-bond acceptors (Lipinski definition) is 6. The topological polar surface area (TPSA) is 108 Å². The number of nitrogens with two attached hydrogens (primary N) is 1. The number of benzene rings is 2. The highest BCUT2D eigenvalue weighted by Crippen LogP contribution is 2.39. The molecule has 0 spiro atoms. The molecule has 2 amide bonds. The maximum Gasteiger partial charge on any atom is 0.344 e. The van der Waals surface area contributed by atoms with Gasteiger partial charge in [0.05, 0.1) is 5.56 Å². The zero-order valence-corrected chi connectivity index (χ0v) is 18.9. The molecule has 3 N–H and O–H groups in total. The van der Waals surface area contributed by atoms with Crippen LogP contribution in [-0.2, 0) is 27.2 Å². The van der Waals surface area contributed by atoms with Crippen molar-refractivity contribution in [1.82, 2.24) is 0 Å². The van der Waals surface area contributed by atoms with Crippen LogP contribution in [0.2, 0.25) is 0 Å². The van der Waals surface area contributed by atoms with Gasteiger partial charge in [-0.1, -0.05) is 48.5 Å². The van der Waals surface area contributed by atoms with Crippen LogP contribution in [0.25, 0.3) is 11.1 Å². The molecule has 33 heavy (non-hydrogen) atoms. The third kappa shape index (κ3) is 5.06. The van der Waals surface area contributed by atoms with Crippen molar-refractivity contribution >= 4 is 34.1 Å². The normalized spacial score (nSPS) is 13.1. The van der Waals surface area contributed by atoms with E-state index in [0.29, 0.717) is 16.3 Å². The van der Waals surface area contributed by atoms with Crippen LogP contribution in [-0.4, -0.2) is 30.5 Å². The van der Waals surface area contributed by atoms with Gasteiger partial charge in [-0.15, -0.1) is 11.3 Å². The van der Waals surface area contributed by atoms with Crippen LogP contribution in [0.5, 0.6) is 5.75 Å². The first-order chi connectivity index (χ1) is 15.9. The molecule has 1 aliphatic rings. The van der Waals surface area contributed by atoms with Crippen LogP contribution in [0.3, 0.4) is 0 Å². The molecule has 1 aromatic heterocycles. The Labute approximate surface area is 195 Å². The van der Waals surface area contributed by atoms with Gasteiger partial charge in [0.25, 0.3) is 11.8 Å². The quantitative estimate of drug-likeness (QED) is 0.491. The minimum absolute atomic E-state index is 0.346. The molecule has 1 heterocycles. The Kier molecular flexibility index (Phi) is 6.74. The minimum atomic E-state index is -1.07. The van der Waals surface area contributed by atoms with Gasteiger partial charge in [-0.25, -0.2) is 4.79 Å². The number of amides is 2. The van der Waals surface area contributed by atoms with Gasteiger partial charge in [-0.2, -0.15) is 0 Å². The van der Waals surface area contributed by atoms with E-state index in [1.54, 1.807) is 6.07 Å². The Hall–Kier alpha value is -3.65. The molecule has 4 rings (SSSR count). The number of carbonyl (C=O) groups excluding carboxylic acids is 3. The van der Waals surface area contributed by atoms with Crippen molar-refractivity contribution in [3.63, 3.8) is 0 Å². The number of para-hydroxylation sites is 1. The van der Waals surface area contributed by atoms with E-state index in [-0.39, 0.29) is 6.61 Å². The molecule has 0 saturated carbocycles. The number of esters is 1. The lowest BCUT2D eigenvalue weighted by molar-refractivity contribution is -0.155. The predicted molar refractivity (Wildman–Crippen MR) is 126 cm³/mol. The van der Waals surface area contributed by atoms with Crippen molar-refractivity contribution in [2.45, 2.75) is 32.3 Å². The van der Waals surface area contributed by atoms with Gasteiger partial charge in [-0.3, -0.25) is 9.59 Å². The fraction of sp³-hybridized carbons (Fsp3) is 0.240. The van der Waals surface area contributed by atoms with E-state index in [1.807, 2.05) is 48.5 Å². The fourth-order valence-electron chi connectivity index (χ4n) is 3.84. The summed E-state index contributed by atoms with van der Waals surface area (Å²) >= 11 is 1.35. The molecule has 1 atom stereocenters. The van der Waals surface area contributed by atoms with Crippen molar-refractivity contribution in [1.29, 1.82) is 0 Å². The van der Waals surface area contributed by atoms with E-state index in [1.165, 1.54) is 18.3 Å². The molecule has 2 aromatic carbocycles. The summed E-state index contributed by atoms with van der Waals surface area (Å²) in [4.78, 5) is 37.9. The first-order valence-electron chi connectivity index (χ1n) is 10.7. The van der Waals surface area contributed by atoms with Gasteiger partial charge < -0.3 is 20.5 Å². The van der Waals surface area contributed by atoms with E-state index in [4.69, 9.17) is 15.2 Å². The zero-order valence-electron chi connectivity index (χ0n) is 18.1. The lowest BCUT2D eigenvalue weighted by atomic mass is 10.1. The Bertz CT molecular complexity index is 1190. The molecular formula is C25H24N2O5S. The van der Waals surface area contributed by atoms with Crippen molar-refractivity contribution in [3.05, 3.63) is 70.6 Å². The van der Waals surface area contributed by atoms with Crippen molar-refractivity contribution in [2.75, 3.05) is 11.9 Å². The number of thiophene rings is 1. The molecule has 0 fully saturated rings. The largest absolute Gasteiger partial charge is 0.481 e. The summed E-state index contributed by atoms with van der Waals surface area (Å²) in [5.41, 5.74) is 8.61. The molecule has 1 aliphatic carbocycles. The molecule has 170 valence electrons. The number of rotatable bonds is 8. The lowest BCUT2D eigenvalue weighted by Gasteiger charge is -2.15. The van der Waals surface area contributed by atoms with Gasteiger partial charge in [0.15, 0.2) is 12.7 Å². The Morgan fingerprint density at radius 1 is 1.06 bits per heavy atom. The summed E-state index contributed by atoms with van der Waals surface area (Å²) in [5, 5.41) is 3.10. The highest BCUT2D eigenvalue weighted by molar-refractivity contribution is 7.17. The first kappa shape index (κ1) is 22.5. The van der Waals surface area contributed by atoms with Crippen LogP contribution >= 0.6 is 11.3 Å². The van der Waals surface area contributed by atoms with Crippen LogP contribution < -0.4 is 15.8 Å². The van der Waals surface area contributed by atoms with Crippen LogP contribution in [0, 0.1) is 0 Å². The second-order valence-corrected chi connectivity index (χ2v) is 8.80. The molecule has 1 unspecified atom stereocenters. The fourth-order valence-corrected chi connectivity index (χ4v) is 5.13. The summed E-state index contributed by atoms with van der Waals surface area (Å²) in [6.45, 7) is 1.12. The maximum atomic E-state index is 12.6. The summed E-state index contributed by atoms with van der Waals surface area (Å²) in [6.07, 6.45) is 1.54. The third-order valence-electron chi connectivity index (χ3n) is 5.40. The monoisotopic (exact) mass is 464 g/mol. The molecule has 0 bridgehead atoms. The van der Waals surface area contributed by atoms with Gasteiger partial charge in [0, 0.05) is 10.4 Å². The molecule has 3 aromatic rings. The molecule has 0 aliphatic heterocycles. The number of fused-ring (bicyclic) bond motifs is 1. The highest BCUT2D eigenvalue weighted by Gasteiger charge is 2.28. The molecule has 0 saturated heterocycles. The average molecular weight is 465 g/mol. The zero-order chi connectivity index (χ0) is 23.4. The Balaban J connectivity index is 1.36. The number of carbonyl (C=O) groups is 3. The van der Waals surface area contributed by atoms with Crippen molar-refractivity contribution in [2.24, 2.45) is 5.73 Å². The number of primary amides is 1. The predicted octanol–water partition coefficient (Wildman–Crippen LogP) is 3.95. The van der Waals surface area contributed by atoms with E-state index in [0.717, 1.165) is 40.8 Å². The first-order valence-corrected chi connectivity index (χ1v) is 11.5. The van der Waals surface area contributed by atoms with Crippen molar-refractivity contribution < 1.29 is 23.9 Å². The smallest absolute Gasteiger partial charge is 0.344 e. The molecule has 8 heteroatoms. The number of ether oxygens (including phenoxy) is 2. The van der Waals surface area contributed by atoms with E-state index in [2.05, 4.69) is 5.32 Å². The van der Waals surface area contributed by atoms with Gasteiger partial charge in [0.1, 0.15) is 10.8 Å². The van der Waals surface area contributed by atoms with Crippen LogP contribution in [0.1, 0.15) is 34.1 Å². The summed E-state index contributed by atoms with van der Waals surface area (Å²) in [5.74, 6) is -1.24. The Morgan fingerprint density at radius 2 is 1.79 bits per heavy atom. The van der Waals surface area contributed by atoms with Crippen LogP contribution in [0.4, 0.5) is 5.00 Å². The number of aryl methyl sites for hydroxylation is 1. The van der Waals surface area contributed by atoms with E-state index >= 15 is 0 Å². The second-order valence-electron chi connectivity index (χ2n) is 7.70. The summed E-state index contributed by atoms with van der Waals surface area (Å²) < 4.78 is 10.9. The molecule has 7 nitrogen and oxygen atoms in total. The van der Waals surface area contributed by atoms with E-state index in [9.17, 15) is 14.4 Å². The second kappa shape index (κ2) is 9.87. The van der Waals surface area contributed by atoms with E-state index < -0.39 is 23.9 Å². The Morgan fingerprint density at radius 3 is 2.55 bits per heavy atom. The molecular weight excluding hydrogens is 440 g/mol. The summed E-state index contributed by atoms with van der Waals surface area (Å²) in [7, 11) is 0. The summed E-state index contributed by atoms with van der Waals surface area (Å²) in [6, 6.07) is 17.1. The number of hydrogen-bond donors (Lipinski definition) is 2. The van der Waals surface area contributed by atoms with Gasteiger partial charge in [-0.05, 0) is 43.4 Å². The number of anilines is 1. The maximum absolute atomic E-state index is 12.6. The van der Waals surface area contributed by atoms with Crippen LogP contribution in [0.15, 0.2) is 54.6 Å². The van der Waals surface area contributed by atoms with Gasteiger partial charge >= 0.3 is 5.97 Å². The molecule has 0 radical (unpaired) electrons. The standard InChI is InChI=1S/C25H24N2O5S/c1-15(24(30)27-25-22(23(26)29)18-11-7-13-20(18)33-25)32-21(28)14-31-19-12-6-5-10-17(19)16-8-3-2-4-9-16/h2-6,8-10,12,15H,7,11,13-14H2,1H3,(H2,26,29)(H,27,30). The lowest BCUT2D eigenvalue weighted by Crippen LogP contribution is -2.32. The van der Waals surface area contributed by atoms with Crippen molar-refractivity contribution in [3.8, 4) is 16.9 Å². The van der Waals surface area contributed by atoms with Gasteiger partial charge in [0.2, 0.25) is 0 Å². The SMILES string of the molecule is CC(OC(=O)COc1ccccc1-c1ccccc1)C(=O)Nc1sc2c(c1C(N)=O)CCC2. The average Bonchev–Trinajstić information content (AvgIpc) is 3.39. The minimum Gasteiger partial charge on any atom is -0.481 e. The number of nitrogens with one attached hydrogen (secondary N) is 1.